The van der Waals surface area contributed by atoms with E-state index in [-0.39, 0.29) is 17.4 Å². The highest BCUT2D eigenvalue weighted by molar-refractivity contribution is 5.81. The number of nitrogens with zero attached hydrogens (tertiary/aromatic N) is 3. The average molecular weight is 374 g/mol. The molecule has 0 aliphatic carbocycles. The second-order valence-corrected chi connectivity index (χ2v) is 8.46. The lowest BCUT2D eigenvalue weighted by Gasteiger charge is -2.32. The van der Waals surface area contributed by atoms with Crippen molar-refractivity contribution >= 4 is 23.0 Å². The number of allylic oxidation sites excluding steroid dienone is 1. The summed E-state index contributed by atoms with van der Waals surface area (Å²) in [4.78, 5) is 19.5. The van der Waals surface area contributed by atoms with E-state index in [1.807, 2.05) is 35.2 Å². The van der Waals surface area contributed by atoms with Crippen LogP contribution in [0.5, 0.6) is 0 Å². The van der Waals surface area contributed by atoms with E-state index in [4.69, 9.17) is 4.98 Å². The maximum absolute atomic E-state index is 12.6. The molecule has 0 saturated carbocycles. The fourth-order valence-corrected chi connectivity index (χ4v) is 3.98. The first-order valence-electron chi connectivity index (χ1n) is 9.91. The predicted octanol–water partition coefficient (Wildman–Crippen LogP) is 4.86. The number of benzene rings is 2. The Bertz CT molecular complexity index is 1010. The first-order valence-corrected chi connectivity index (χ1v) is 9.91. The van der Waals surface area contributed by atoms with Gasteiger partial charge < -0.3 is 9.47 Å². The lowest BCUT2D eigenvalue weighted by atomic mass is 10.1. The number of likely N-dealkylation sites (tertiary alicyclic amines) is 1. The van der Waals surface area contributed by atoms with Gasteiger partial charge in [0.05, 0.1) is 11.0 Å². The third-order valence-electron chi connectivity index (χ3n) is 5.38. The average Bonchev–Trinajstić information content (AvgIpc) is 3.23. The standard InChI is InChI=1S/C24H27N3O/c1-24(2,3)27-17-19(16-22(27)28)23-25-20-13-7-8-14-21(20)26(23)15-9-12-18-10-5-4-6-11-18/h4-14,19H,15-17H2,1-3H3/b12-9-/t19-/m1/s1. The summed E-state index contributed by atoms with van der Waals surface area (Å²) >= 11 is 0. The minimum atomic E-state index is -0.157. The van der Waals surface area contributed by atoms with Crippen LogP contribution in [-0.2, 0) is 11.3 Å². The number of carbonyl (C=O) groups excluding carboxylic acids is 1. The SMILES string of the molecule is CC(C)(C)N1C[C@H](c2nc3ccccc3n2C/C=C\c2ccccc2)CC1=O. The van der Waals surface area contributed by atoms with Gasteiger partial charge in [-0.15, -0.1) is 0 Å². The Hall–Kier alpha value is -2.88. The summed E-state index contributed by atoms with van der Waals surface area (Å²) in [5, 5.41) is 0. The van der Waals surface area contributed by atoms with Crippen LogP contribution in [0.25, 0.3) is 17.1 Å². The van der Waals surface area contributed by atoms with E-state index in [1.165, 1.54) is 5.56 Å². The van der Waals surface area contributed by atoms with Crippen molar-refractivity contribution in [3.63, 3.8) is 0 Å². The molecule has 144 valence electrons. The summed E-state index contributed by atoms with van der Waals surface area (Å²) in [6, 6.07) is 18.5. The highest BCUT2D eigenvalue weighted by Gasteiger charge is 2.38. The molecule has 2 aromatic carbocycles. The molecule has 2 heterocycles. The summed E-state index contributed by atoms with van der Waals surface area (Å²) in [7, 11) is 0. The fraction of sp³-hybridized carbons (Fsp3) is 0.333. The van der Waals surface area contributed by atoms with E-state index in [0.29, 0.717) is 6.42 Å². The number of carbonyl (C=O) groups is 1. The second kappa shape index (κ2) is 7.27. The molecule has 0 radical (unpaired) electrons. The molecule has 4 rings (SSSR count). The van der Waals surface area contributed by atoms with E-state index >= 15 is 0 Å². The molecule has 3 aromatic rings. The third-order valence-corrected chi connectivity index (χ3v) is 5.38. The minimum Gasteiger partial charge on any atom is -0.337 e. The normalized spacial score (nSPS) is 17.9. The second-order valence-electron chi connectivity index (χ2n) is 8.46. The van der Waals surface area contributed by atoms with Crippen LogP contribution in [0.15, 0.2) is 60.7 Å². The molecule has 1 amide bonds. The molecule has 0 N–H and O–H groups in total. The molecular weight excluding hydrogens is 346 g/mol. The zero-order chi connectivity index (χ0) is 19.7. The molecule has 1 fully saturated rings. The van der Waals surface area contributed by atoms with Crippen molar-refractivity contribution in [2.45, 2.75) is 45.2 Å². The molecule has 1 aromatic heterocycles. The fourth-order valence-electron chi connectivity index (χ4n) is 3.98. The van der Waals surface area contributed by atoms with Gasteiger partial charge in [-0.1, -0.05) is 54.6 Å². The van der Waals surface area contributed by atoms with Gasteiger partial charge in [-0.2, -0.15) is 0 Å². The molecule has 0 unspecified atom stereocenters. The number of aromatic nitrogens is 2. The Morgan fingerprint density at radius 2 is 1.79 bits per heavy atom. The molecule has 0 spiro atoms. The Labute approximate surface area is 166 Å². The van der Waals surface area contributed by atoms with E-state index in [2.05, 4.69) is 61.8 Å². The van der Waals surface area contributed by atoms with Crippen LogP contribution in [-0.4, -0.2) is 32.4 Å². The van der Waals surface area contributed by atoms with Crippen LogP contribution < -0.4 is 0 Å². The van der Waals surface area contributed by atoms with E-state index < -0.39 is 0 Å². The Balaban J connectivity index is 1.66. The van der Waals surface area contributed by atoms with E-state index in [9.17, 15) is 4.79 Å². The molecule has 4 nitrogen and oxygen atoms in total. The quantitative estimate of drug-likeness (QED) is 0.655. The maximum atomic E-state index is 12.6. The Morgan fingerprint density at radius 1 is 1.07 bits per heavy atom. The van der Waals surface area contributed by atoms with Crippen LogP contribution in [0.1, 0.15) is 44.5 Å². The molecule has 4 heteroatoms. The number of hydrogen-bond donors (Lipinski definition) is 0. The Morgan fingerprint density at radius 3 is 2.50 bits per heavy atom. The molecular formula is C24H27N3O. The third kappa shape index (κ3) is 3.59. The van der Waals surface area contributed by atoms with Crippen molar-refractivity contribution in [3.8, 4) is 0 Å². The predicted molar refractivity (Wildman–Crippen MR) is 114 cm³/mol. The molecule has 0 bridgehead atoms. The van der Waals surface area contributed by atoms with E-state index in [0.717, 1.165) is 29.9 Å². The van der Waals surface area contributed by atoms with Gasteiger partial charge in [0.1, 0.15) is 5.82 Å². The van der Waals surface area contributed by atoms with Crippen LogP contribution in [0, 0.1) is 0 Å². The lowest BCUT2D eigenvalue weighted by molar-refractivity contribution is -0.131. The van der Waals surface area contributed by atoms with Gasteiger partial charge in [-0.05, 0) is 38.5 Å². The number of imidazole rings is 1. The first kappa shape index (κ1) is 18.5. The monoisotopic (exact) mass is 373 g/mol. The molecule has 1 saturated heterocycles. The largest absolute Gasteiger partial charge is 0.337 e. The van der Waals surface area contributed by atoms with Crippen molar-refractivity contribution in [2.75, 3.05) is 6.54 Å². The first-order chi connectivity index (χ1) is 13.4. The highest BCUT2D eigenvalue weighted by Crippen LogP contribution is 2.33. The van der Waals surface area contributed by atoms with Crippen molar-refractivity contribution in [1.82, 2.24) is 14.5 Å². The minimum absolute atomic E-state index is 0.129. The topological polar surface area (TPSA) is 38.1 Å². The van der Waals surface area contributed by atoms with Crippen molar-refractivity contribution in [1.29, 1.82) is 0 Å². The number of hydrogen-bond acceptors (Lipinski definition) is 2. The number of rotatable bonds is 4. The van der Waals surface area contributed by atoms with Crippen molar-refractivity contribution < 1.29 is 4.79 Å². The number of amides is 1. The van der Waals surface area contributed by atoms with Crippen molar-refractivity contribution in [2.24, 2.45) is 0 Å². The van der Waals surface area contributed by atoms with Gasteiger partial charge in [0.2, 0.25) is 5.91 Å². The van der Waals surface area contributed by atoms with E-state index in [1.54, 1.807) is 0 Å². The maximum Gasteiger partial charge on any atom is 0.223 e. The van der Waals surface area contributed by atoms with Crippen LogP contribution >= 0.6 is 0 Å². The van der Waals surface area contributed by atoms with Crippen LogP contribution in [0.3, 0.4) is 0 Å². The van der Waals surface area contributed by atoms with Gasteiger partial charge in [0.15, 0.2) is 0 Å². The lowest BCUT2D eigenvalue weighted by Crippen LogP contribution is -2.42. The smallest absolute Gasteiger partial charge is 0.223 e. The number of para-hydroxylation sites is 2. The van der Waals surface area contributed by atoms with Crippen LogP contribution in [0.4, 0.5) is 0 Å². The summed E-state index contributed by atoms with van der Waals surface area (Å²) in [6.07, 6.45) is 4.84. The van der Waals surface area contributed by atoms with Crippen molar-refractivity contribution in [3.05, 3.63) is 72.1 Å². The Kier molecular flexibility index (Phi) is 4.80. The van der Waals surface area contributed by atoms with Gasteiger partial charge in [0.25, 0.3) is 0 Å². The molecule has 1 aliphatic rings. The summed E-state index contributed by atoms with van der Waals surface area (Å²) < 4.78 is 2.26. The number of fused-ring (bicyclic) bond motifs is 1. The van der Waals surface area contributed by atoms with Gasteiger partial charge >= 0.3 is 0 Å². The van der Waals surface area contributed by atoms with Gasteiger partial charge in [0, 0.05) is 31.0 Å². The molecule has 28 heavy (non-hydrogen) atoms. The summed E-state index contributed by atoms with van der Waals surface area (Å²) in [5.74, 6) is 1.36. The zero-order valence-corrected chi connectivity index (χ0v) is 16.8. The van der Waals surface area contributed by atoms with Gasteiger partial charge in [-0.25, -0.2) is 4.98 Å². The highest BCUT2D eigenvalue weighted by atomic mass is 16.2. The zero-order valence-electron chi connectivity index (χ0n) is 16.8. The van der Waals surface area contributed by atoms with Gasteiger partial charge in [-0.3, -0.25) is 4.79 Å². The summed E-state index contributed by atoms with van der Waals surface area (Å²) in [6.45, 7) is 7.76. The molecule has 1 aliphatic heterocycles. The summed E-state index contributed by atoms with van der Waals surface area (Å²) in [5.41, 5.74) is 3.14. The molecule has 1 atom stereocenters. The van der Waals surface area contributed by atoms with Crippen LogP contribution in [0.2, 0.25) is 0 Å².